The van der Waals surface area contributed by atoms with Gasteiger partial charge in [-0.25, -0.2) is 4.98 Å². The Morgan fingerprint density at radius 3 is 2.79 bits per heavy atom. The number of morpholine rings is 1. The van der Waals surface area contributed by atoms with Crippen LogP contribution >= 0.6 is 0 Å². The fourth-order valence-electron chi connectivity index (χ4n) is 3.83. The van der Waals surface area contributed by atoms with E-state index in [0.29, 0.717) is 32.2 Å². The summed E-state index contributed by atoms with van der Waals surface area (Å²) in [6, 6.07) is 18.0. The lowest BCUT2D eigenvalue weighted by Gasteiger charge is -2.29. The number of aromatic nitrogens is 3. The van der Waals surface area contributed by atoms with E-state index in [1.54, 1.807) is 6.20 Å². The van der Waals surface area contributed by atoms with E-state index in [4.69, 9.17) is 9.47 Å². The van der Waals surface area contributed by atoms with Crippen molar-refractivity contribution in [2.75, 3.05) is 37.8 Å². The summed E-state index contributed by atoms with van der Waals surface area (Å²) < 4.78 is 11.5. The van der Waals surface area contributed by atoms with Gasteiger partial charge in [-0.05, 0) is 24.3 Å². The molecular weight excluding hydrogens is 416 g/mol. The van der Waals surface area contributed by atoms with Crippen LogP contribution in [0.2, 0.25) is 0 Å². The van der Waals surface area contributed by atoms with Crippen molar-refractivity contribution in [2.24, 2.45) is 10.2 Å². The molecule has 4 heterocycles. The first-order valence-corrected chi connectivity index (χ1v) is 11.2. The fraction of sp³-hybridized carbons (Fsp3) is 0.280. The van der Waals surface area contributed by atoms with E-state index in [9.17, 15) is 0 Å². The zero-order valence-corrected chi connectivity index (χ0v) is 18.4. The van der Waals surface area contributed by atoms with Gasteiger partial charge in [-0.3, -0.25) is 4.98 Å². The van der Waals surface area contributed by atoms with Crippen molar-refractivity contribution < 1.29 is 9.47 Å². The number of hydrogen-bond acceptors (Lipinski definition) is 7. The van der Waals surface area contributed by atoms with Gasteiger partial charge in [-0.15, -0.1) is 0 Å². The van der Waals surface area contributed by atoms with E-state index in [1.165, 1.54) is 0 Å². The Labute approximate surface area is 192 Å². The average molecular weight is 443 g/mol. The summed E-state index contributed by atoms with van der Waals surface area (Å²) in [6.45, 7) is 3.99. The highest BCUT2D eigenvalue weighted by Crippen LogP contribution is 2.27. The van der Waals surface area contributed by atoms with E-state index in [1.807, 2.05) is 54.7 Å². The van der Waals surface area contributed by atoms with E-state index in [2.05, 4.69) is 36.1 Å². The summed E-state index contributed by atoms with van der Waals surface area (Å²) in [7, 11) is 0. The summed E-state index contributed by atoms with van der Waals surface area (Å²) in [5.74, 6) is 0.590. The van der Waals surface area contributed by atoms with Gasteiger partial charge >= 0.3 is 0 Å². The van der Waals surface area contributed by atoms with Gasteiger partial charge in [0.1, 0.15) is 12.2 Å². The third-order valence-corrected chi connectivity index (χ3v) is 5.53. The molecule has 1 aromatic carbocycles. The molecule has 0 bridgehead atoms. The topological polar surface area (TPSA) is 88.0 Å². The van der Waals surface area contributed by atoms with Crippen LogP contribution in [0.4, 0.5) is 11.4 Å². The quantitative estimate of drug-likeness (QED) is 0.400. The molecule has 0 radical (unpaired) electrons. The highest BCUT2D eigenvalue weighted by Gasteiger charge is 2.14. The van der Waals surface area contributed by atoms with Gasteiger partial charge in [-0.1, -0.05) is 24.3 Å². The zero-order valence-electron chi connectivity index (χ0n) is 18.4. The molecule has 1 N–H and O–H groups in total. The Kier molecular flexibility index (Phi) is 6.53. The second-order valence-corrected chi connectivity index (χ2v) is 7.79. The fourth-order valence-corrected chi connectivity index (χ4v) is 3.83. The number of rotatable bonds is 8. The first kappa shape index (κ1) is 21.1. The van der Waals surface area contributed by atoms with Gasteiger partial charge in [0.25, 0.3) is 0 Å². The average Bonchev–Trinajstić information content (AvgIpc) is 3.28. The number of anilines is 1. The number of nitrogens with one attached hydrogen (secondary N) is 1. The van der Waals surface area contributed by atoms with Gasteiger partial charge in [0.05, 0.1) is 25.5 Å². The molecule has 168 valence electrons. The number of fused-ring (bicyclic) bond motifs is 1. The molecule has 0 amide bonds. The van der Waals surface area contributed by atoms with Crippen LogP contribution in [0.3, 0.4) is 0 Å². The van der Waals surface area contributed by atoms with Gasteiger partial charge in [0, 0.05) is 60.3 Å². The lowest BCUT2D eigenvalue weighted by molar-refractivity contribution is 0.122. The number of H-pyrrole nitrogens is 1. The van der Waals surface area contributed by atoms with Crippen LogP contribution in [0, 0.1) is 0 Å². The molecule has 4 aromatic rings. The van der Waals surface area contributed by atoms with Crippen molar-refractivity contribution in [1.82, 2.24) is 15.0 Å². The lowest BCUT2D eigenvalue weighted by Crippen LogP contribution is -2.36. The van der Waals surface area contributed by atoms with Gasteiger partial charge in [0.15, 0.2) is 0 Å². The summed E-state index contributed by atoms with van der Waals surface area (Å²) in [5.41, 5.74) is 4.74. The Balaban J connectivity index is 1.31. The molecule has 1 saturated heterocycles. The Morgan fingerprint density at radius 1 is 1.03 bits per heavy atom. The Hall–Kier alpha value is -3.78. The van der Waals surface area contributed by atoms with Crippen LogP contribution in [-0.2, 0) is 17.7 Å². The molecule has 8 heteroatoms. The highest BCUT2D eigenvalue weighted by molar-refractivity contribution is 5.90. The van der Waals surface area contributed by atoms with Gasteiger partial charge < -0.3 is 19.4 Å². The van der Waals surface area contributed by atoms with E-state index < -0.39 is 0 Å². The van der Waals surface area contributed by atoms with E-state index in [-0.39, 0.29) is 0 Å². The number of hydrogen-bond donors (Lipinski definition) is 1. The minimum absolute atomic E-state index is 0.369. The molecule has 1 aliphatic heterocycles. The van der Waals surface area contributed by atoms with E-state index in [0.717, 1.165) is 53.2 Å². The smallest absolute Gasteiger partial charge is 0.215 e. The van der Waals surface area contributed by atoms with E-state index >= 15 is 0 Å². The minimum Gasteiger partial charge on any atom is -0.477 e. The number of aromatic amines is 1. The number of ether oxygens (including phenoxy) is 2. The first-order chi connectivity index (χ1) is 16.3. The second kappa shape index (κ2) is 10.2. The van der Waals surface area contributed by atoms with Gasteiger partial charge in [0.2, 0.25) is 5.88 Å². The molecule has 0 aliphatic carbocycles. The number of azo groups is 1. The van der Waals surface area contributed by atoms with Crippen molar-refractivity contribution >= 4 is 22.3 Å². The highest BCUT2D eigenvalue weighted by atomic mass is 16.5. The molecule has 0 atom stereocenters. The molecule has 8 nitrogen and oxygen atoms in total. The number of para-hydroxylation sites is 1. The van der Waals surface area contributed by atoms with Gasteiger partial charge in [-0.2, -0.15) is 10.2 Å². The summed E-state index contributed by atoms with van der Waals surface area (Å²) in [6.07, 6.45) is 4.39. The van der Waals surface area contributed by atoms with Crippen molar-refractivity contribution in [3.63, 3.8) is 0 Å². The maximum Gasteiger partial charge on any atom is 0.215 e. The lowest BCUT2D eigenvalue weighted by atomic mass is 10.2. The summed E-state index contributed by atoms with van der Waals surface area (Å²) >= 11 is 0. The zero-order chi connectivity index (χ0) is 22.3. The third kappa shape index (κ3) is 5.35. The van der Waals surface area contributed by atoms with Crippen LogP contribution < -0.4 is 9.64 Å². The molecule has 0 unspecified atom stereocenters. The normalized spacial score (nSPS) is 14.2. The standard InChI is InChI=1S/C25H26N6O2/c1-2-7-23-22(6-1)24(18-27-23)30-28-17-20-15-21(31-10-13-32-14-11-31)16-25(29-20)33-12-8-19-5-3-4-9-26-19/h1-7,9,15-16,18,27H,8,10-14,17H2. The maximum atomic E-state index is 6.01. The van der Waals surface area contributed by atoms with Crippen molar-refractivity contribution in [3.05, 3.63) is 78.4 Å². The molecule has 1 aliphatic rings. The monoisotopic (exact) mass is 442 g/mol. The molecule has 0 saturated carbocycles. The molecule has 3 aromatic heterocycles. The van der Waals surface area contributed by atoms with Crippen molar-refractivity contribution in [3.8, 4) is 5.88 Å². The molecule has 1 fully saturated rings. The number of pyridine rings is 2. The molecule has 5 rings (SSSR count). The van der Waals surface area contributed by atoms with Crippen LogP contribution in [0.5, 0.6) is 5.88 Å². The van der Waals surface area contributed by atoms with Crippen molar-refractivity contribution in [1.29, 1.82) is 0 Å². The maximum absolute atomic E-state index is 6.01. The summed E-state index contributed by atoms with van der Waals surface area (Å²) in [4.78, 5) is 14.5. The number of benzene rings is 1. The van der Waals surface area contributed by atoms with Crippen LogP contribution in [0.25, 0.3) is 10.9 Å². The number of nitrogens with zero attached hydrogens (tertiary/aromatic N) is 5. The summed E-state index contributed by atoms with van der Waals surface area (Å²) in [5, 5.41) is 9.91. The Bertz CT molecular complexity index is 1220. The Morgan fingerprint density at radius 2 is 1.91 bits per heavy atom. The molecular formula is C25H26N6O2. The minimum atomic E-state index is 0.369. The van der Waals surface area contributed by atoms with Crippen LogP contribution in [0.1, 0.15) is 11.4 Å². The predicted molar refractivity (Wildman–Crippen MR) is 127 cm³/mol. The molecule has 0 spiro atoms. The largest absolute Gasteiger partial charge is 0.477 e. The van der Waals surface area contributed by atoms with Crippen molar-refractivity contribution in [2.45, 2.75) is 13.0 Å². The SMILES string of the molecule is c1ccc(CCOc2cc(N3CCOCC3)cc(CN=Nc3c[nH]c4ccccc34)n2)nc1. The second-order valence-electron chi connectivity index (χ2n) is 7.79. The van der Waals surface area contributed by atoms with Crippen LogP contribution in [-0.4, -0.2) is 47.9 Å². The first-order valence-electron chi connectivity index (χ1n) is 11.2. The van der Waals surface area contributed by atoms with Crippen LogP contribution in [0.15, 0.2) is 77.2 Å². The third-order valence-electron chi connectivity index (χ3n) is 5.53. The molecule has 33 heavy (non-hydrogen) atoms. The predicted octanol–water partition coefficient (Wildman–Crippen LogP) is 4.70.